The van der Waals surface area contributed by atoms with Crippen LogP contribution >= 0.6 is 11.3 Å². The first-order chi connectivity index (χ1) is 18.0. The van der Waals surface area contributed by atoms with Gasteiger partial charge in [-0.2, -0.15) is 4.98 Å². The van der Waals surface area contributed by atoms with E-state index in [4.69, 9.17) is 19.8 Å². The van der Waals surface area contributed by atoms with E-state index in [1.807, 2.05) is 42.5 Å². The maximum Gasteiger partial charge on any atom is 0.306 e. The van der Waals surface area contributed by atoms with Crippen molar-refractivity contribution in [1.82, 2.24) is 15.0 Å². The molecule has 5 aromatic rings. The van der Waals surface area contributed by atoms with Gasteiger partial charge in [0.25, 0.3) is 0 Å². The van der Waals surface area contributed by atoms with Crippen LogP contribution in [0.1, 0.15) is 23.2 Å². The number of aliphatic carboxylic acids is 1. The zero-order valence-corrected chi connectivity index (χ0v) is 21.0. The number of nitrogens with one attached hydrogen (secondary N) is 2. The number of carbonyl (C=O) groups is 1. The van der Waals surface area contributed by atoms with E-state index < -0.39 is 5.97 Å². The van der Waals surface area contributed by atoms with Crippen LogP contribution in [0, 0.1) is 6.92 Å². The van der Waals surface area contributed by atoms with Crippen LogP contribution in [0.4, 0.5) is 22.6 Å². The van der Waals surface area contributed by atoms with Crippen molar-refractivity contribution in [3.63, 3.8) is 0 Å². The second kappa shape index (κ2) is 11.0. The molecule has 2 heterocycles. The van der Waals surface area contributed by atoms with E-state index in [2.05, 4.69) is 46.8 Å². The second-order valence-corrected chi connectivity index (χ2v) is 9.52. The highest BCUT2D eigenvalue weighted by atomic mass is 32.1. The summed E-state index contributed by atoms with van der Waals surface area (Å²) >= 11 is 1.58. The Morgan fingerprint density at radius 1 is 0.946 bits per heavy atom. The van der Waals surface area contributed by atoms with E-state index in [9.17, 15) is 4.79 Å². The molecule has 5 rings (SSSR count). The van der Waals surface area contributed by atoms with Crippen LogP contribution in [-0.2, 0) is 11.2 Å². The zero-order valence-electron chi connectivity index (χ0n) is 20.1. The smallest absolute Gasteiger partial charge is 0.306 e. The van der Waals surface area contributed by atoms with E-state index in [-0.39, 0.29) is 13.0 Å². The monoisotopic (exact) mass is 511 g/mol. The summed E-state index contributed by atoms with van der Waals surface area (Å²) in [5.41, 5.74) is 4.93. The number of fused-ring (bicyclic) bond motifs is 1. The number of anilines is 4. The Hall–Kier alpha value is -4.50. The van der Waals surface area contributed by atoms with Crippen LogP contribution in [0.5, 0.6) is 5.75 Å². The maximum absolute atomic E-state index is 10.7. The Kier molecular flexibility index (Phi) is 7.23. The molecule has 0 atom stereocenters. The molecule has 37 heavy (non-hydrogen) atoms. The van der Waals surface area contributed by atoms with Crippen molar-refractivity contribution in [3.05, 3.63) is 95.7 Å². The number of carboxylic acid groups (broad SMARTS) is 1. The van der Waals surface area contributed by atoms with Crippen LogP contribution < -0.4 is 15.4 Å². The molecule has 0 spiro atoms. The van der Waals surface area contributed by atoms with Crippen LogP contribution in [0.3, 0.4) is 0 Å². The standard InChI is InChI=1S/C28H25N5O3S/c1-18-7-12-23-24(15-18)37-28(31-23)33-25-17-21(16-19-5-3-2-4-6-19)30-27(32-25)29-20-8-10-22(11-9-20)36-14-13-26(34)35/h2-12,15,17H,13-14,16H2,1H3,(H,34,35)(H2,29,30,31,32,33). The number of rotatable bonds is 10. The van der Waals surface area contributed by atoms with Crippen LogP contribution in [0.25, 0.3) is 10.2 Å². The van der Waals surface area contributed by atoms with Gasteiger partial charge in [-0.1, -0.05) is 47.7 Å². The van der Waals surface area contributed by atoms with Crippen LogP contribution in [0.2, 0.25) is 0 Å². The number of ether oxygens (including phenoxy) is 1. The Balaban J connectivity index is 1.38. The highest BCUT2D eigenvalue weighted by Gasteiger charge is 2.10. The van der Waals surface area contributed by atoms with Gasteiger partial charge in [-0.15, -0.1) is 0 Å². The van der Waals surface area contributed by atoms with E-state index >= 15 is 0 Å². The number of carboxylic acids is 1. The minimum atomic E-state index is -0.892. The topological polar surface area (TPSA) is 109 Å². The summed E-state index contributed by atoms with van der Waals surface area (Å²) in [6, 6.07) is 25.5. The molecule has 9 heteroatoms. The van der Waals surface area contributed by atoms with Gasteiger partial charge in [-0.05, 0) is 54.4 Å². The molecule has 0 aliphatic heterocycles. The van der Waals surface area contributed by atoms with Gasteiger partial charge >= 0.3 is 5.97 Å². The highest BCUT2D eigenvalue weighted by Crippen LogP contribution is 2.29. The Labute approximate surface area is 218 Å². The molecule has 0 fully saturated rings. The summed E-state index contributed by atoms with van der Waals surface area (Å²) < 4.78 is 6.59. The van der Waals surface area contributed by atoms with E-state index in [1.54, 1.807) is 23.5 Å². The highest BCUT2D eigenvalue weighted by molar-refractivity contribution is 7.22. The molecule has 0 saturated heterocycles. The molecule has 186 valence electrons. The molecule has 0 bridgehead atoms. The number of aromatic nitrogens is 3. The van der Waals surface area contributed by atoms with Crippen molar-refractivity contribution in [2.45, 2.75) is 19.8 Å². The van der Waals surface area contributed by atoms with Crippen molar-refractivity contribution in [2.75, 3.05) is 17.2 Å². The molecule has 0 aliphatic carbocycles. The van der Waals surface area contributed by atoms with Gasteiger partial charge in [0.1, 0.15) is 11.6 Å². The number of benzene rings is 3. The molecule has 8 nitrogen and oxygen atoms in total. The average molecular weight is 512 g/mol. The minimum Gasteiger partial charge on any atom is -0.493 e. The maximum atomic E-state index is 10.7. The lowest BCUT2D eigenvalue weighted by Gasteiger charge is -2.11. The van der Waals surface area contributed by atoms with Gasteiger partial charge in [0.15, 0.2) is 5.13 Å². The predicted octanol–water partition coefficient (Wildman–Crippen LogP) is 6.33. The number of aryl methyl sites for hydroxylation is 1. The molecule has 0 saturated carbocycles. The van der Waals surface area contributed by atoms with E-state index in [0.29, 0.717) is 23.9 Å². The van der Waals surface area contributed by atoms with E-state index in [1.165, 1.54) is 5.56 Å². The quantitative estimate of drug-likeness (QED) is 0.200. The van der Waals surface area contributed by atoms with Crippen molar-refractivity contribution in [1.29, 1.82) is 0 Å². The Morgan fingerprint density at radius 3 is 2.54 bits per heavy atom. The summed E-state index contributed by atoms with van der Waals surface area (Å²) in [7, 11) is 0. The molecular weight excluding hydrogens is 486 g/mol. The number of thiazole rings is 1. The summed E-state index contributed by atoms with van der Waals surface area (Å²) in [4.78, 5) is 24.8. The average Bonchev–Trinajstić information content (AvgIpc) is 3.26. The van der Waals surface area contributed by atoms with Gasteiger partial charge in [-0.3, -0.25) is 4.79 Å². The van der Waals surface area contributed by atoms with Gasteiger partial charge in [-0.25, -0.2) is 9.97 Å². The first-order valence-electron chi connectivity index (χ1n) is 11.8. The molecule has 0 amide bonds. The molecule has 0 radical (unpaired) electrons. The fraction of sp³-hybridized carbons (Fsp3) is 0.143. The SMILES string of the molecule is Cc1ccc2nc(Nc3cc(Cc4ccccc4)nc(Nc4ccc(OCCC(=O)O)cc4)n3)sc2c1. The second-order valence-electron chi connectivity index (χ2n) is 8.49. The van der Waals surface area contributed by atoms with Crippen LogP contribution in [0.15, 0.2) is 78.9 Å². The first kappa shape index (κ1) is 24.2. The molecule has 3 N–H and O–H groups in total. The molecule has 3 aromatic carbocycles. The van der Waals surface area contributed by atoms with Gasteiger partial charge in [0.2, 0.25) is 5.95 Å². The van der Waals surface area contributed by atoms with Crippen molar-refractivity contribution >= 4 is 50.1 Å². The molecular formula is C28H25N5O3S. The van der Waals surface area contributed by atoms with E-state index in [0.717, 1.165) is 32.3 Å². The van der Waals surface area contributed by atoms with Crippen molar-refractivity contribution in [2.24, 2.45) is 0 Å². The Bertz CT molecular complexity index is 1520. The van der Waals surface area contributed by atoms with Gasteiger partial charge in [0, 0.05) is 18.2 Å². The predicted molar refractivity (Wildman–Crippen MR) is 146 cm³/mol. The van der Waals surface area contributed by atoms with Crippen molar-refractivity contribution in [3.8, 4) is 5.75 Å². The zero-order chi connectivity index (χ0) is 25.6. The number of nitrogens with zero attached hydrogens (tertiary/aromatic N) is 3. The van der Waals surface area contributed by atoms with Gasteiger partial charge < -0.3 is 20.5 Å². The summed E-state index contributed by atoms with van der Waals surface area (Å²) in [6.45, 7) is 2.19. The third-order valence-corrected chi connectivity index (χ3v) is 6.41. The largest absolute Gasteiger partial charge is 0.493 e. The van der Waals surface area contributed by atoms with Crippen molar-refractivity contribution < 1.29 is 14.6 Å². The third-order valence-electron chi connectivity index (χ3n) is 5.48. The normalized spacial score (nSPS) is 10.8. The number of hydrogen-bond acceptors (Lipinski definition) is 8. The summed E-state index contributed by atoms with van der Waals surface area (Å²) in [5, 5.41) is 16.1. The van der Waals surface area contributed by atoms with Crippen LogP contribution in [-0.4, -0.2) is 32.6 Å². The third kappa shape index (κ3) is 6.59. The minimum absolute atomic E-state index is 0.0495. The molecule has 0 aliphatic rings. The summed E-state index contributed by atoms with van der Waals surface area (Å²) in [5.74, 6) is 0.801. The number of hydrogen-bond donors (Lipinski definition) is 3. The fourth-order valence-corrected chi connectivity index (χ4v) is 4.70. The molecule has 0 unspecified atom stereocenters. The Morgan fingerprint density at radius 2 is 1.76 bits per heavy atom. The lowest BCUT2D eigenvalue weighted by molar-refractivity contribution is -0.137. The lowest BCUT2D eigenvalue weighted by Crippen LogP contribution is -2.05. The lowest BCUT2D eigenvalue weighted by atomic mass is 10.1. The molecule has 2 aromatic heterocycles. The van der Waals surface area contributed by atoms with Gasteiger partial charge in [0.05, 0.1) is 28.9 Å². The first-order valence-corrected chi connectivity index (χ1v) is 12.6. The fourth-order valence-electron chi connectivity index (χ4n) is 3.73. The summed E-state index contributed by atoms with van der Waals surface area (Å²) in [6.07, 6.45) is 0.605.